The first-order chi connectivity index (χ1) is 8.15. The molecule has 2 aromatic rings. The zero-order valence-electron chi connectivity index (χ0n) is 10.7. The van der Waals surface area contributed by atoms with E-state index >= 15 is 0 Å². The van der Waals surface area contributed by atoms with Gasteiger partial charge in [0.05, 0.1) is 5.69 Å². The normalized spacial score (nSPS) is 10.8. The molecule has 90 valence electrons. The van der Waals surface area contributed by atoms with Crippen molar-refractivity contribution in [3.8, 4) is 0 Å². The molecule has 1 aromatic carbocycles. The second-order valence-corrected chi connectivity index (χ2v) is 4.50. The van der Waals surface area contributed by atoms with Crippen molar-refractivity contribution in [3.63, 3.8) is 0 Å². The number of nitrogens with one attached hydrogen (secondary N) is 1. The molecule has 0 saturated carbocycles. The van der Waals surface area contributed by atoms with E-state index in [1.54, 1.807) is 0 Å². The summed E-state index contributed by atoms with van der Waals surface area (Å²) in [5.74, 6) is 0. The Morgan fingerprint density at radius 2 is 1.94 bits per heavy atom. The van der Waals surface area contributed by atoms with Gasteiger partial charge in [-0.25, -0.2) is 0 Å². The maximum Gasteiger partial charge on any atom is 0.0762 e. The summed E-state index contributed by atoms with van der Waals surface area (Å²) >= 11 is 0. The lowest BCUT2D eigenvalue weighted by atomic mass is 10.1. The first-order valence-corrected chi connectivity index (χ1v) is 5.90. The van der Waals surface area contributed by atoms with Crippen LogP contribution in [0.4, 0.5) is 0 Å². The molecule has 0 amide bonds. The number of rotatable bonds is 4. The molecular weight excluding hydrogens is 210 g/mol. The molecule has 1 N–H and O–H groups in total. The average molecular weight is 229 g/mol. The topological polar surface area (TPSA) is 29.9 Å². The largest absolute Gasteiger partial charge is 0.307 e. The van der Waals surface area contributed by atoms with Gasteiger partial charge >= 0.3 is 0 Å². The van der Waals surface area contributed by atoms with Crippen LogP contribution in [0.3, 0.4) is 0 Å². The van der Waals surface area contributed by atoms with Crippen LogP contribution < -0.4 is 5.32 Å². The van der Waals surface area contributed by atoms with Crippen LogP contribution in [0.15, 0.2) is 30.5 Å². The first kappa shape index (κ1) is 11.9. The van der Waals surface area contributed by atoms with Crippen LogP contribution in [0.2, 0.25) is 0 Å². The van der Waals surface area contributed by atoms with Crippen molar-refractivity contribution in [2.24, 2.45) is 7.05 Å². The number of nitrogens with zero attached hydrogens (tertiary/aromatic N) is 2. The Kier molecular flexibility index (Phi) is 3.59. The molecule has 0 unspecified atom stereocenters. The second kappa shape index (κ2) is 5.15. The molecule has 0 aliphatic rings. The predicted octanol–water partition coefficient (Wildman–Crippen LogP) is 2.33. The van der Waals surface area contributed by atoms with E-state index in [0.29, 0.717) is 0 Å². The lowest BCUT2D eigenvalue weighted by molar-refractivity contribution is 0.656. The Morgan fingerprint density at radius 3 is 2.59 bits per heavy atom. The Bertz CT molecular complexity index is 500. The minimum Gasteiger partial charge on any atom is -0.307 e. The smallest absolute Gasteiger partial charge is 0.0762 e. The van der Waals surface area contributed by atoms with Gasteiger partial charge in [-0.2, -0.15) is 5.10 Å². The lowest BCUT2D eigenvalue weighted by Crippen LogP contribution is -2.13. The van der Waals surface area contributed by atoms with Crippen molar-refractivity contribution >= 4 is 0 Å². The summed E-state index contributed by atoms with van der Waals surface area (Å²) < 4.78 is 1.83. The minimum absolute atomic E-state index is 0.813. The summed E-state index contributed by atoms with van der Waals surface area (Å²) in [6.07, 6.45) is 1.97. The summed E-state index contributed by atoms with van der Waals surface area (Å²) in [7, 11) is 1.94. The molecule has 0 fully saturated rings. The Morgan fingerprint density at radius 1 is 1.12 bits per heavy atom. The SMILES string of the molecule is Cc1ccc(CNCc2ccn(C)n2)cc1C. The van der Waals surface area contributed by atoms with Crippen LogP contribution in [0.1, 0.15) is 22.4 Å². The molecule has 1 aromatic heterocycles. The number of aromatic nitrogens is 2. The highest BCUT2D eigenvalue weighted by atomic mass is 15.3. The fraction of sp³-hybridized carbons (Fsp3) is 0.357. The van der Waals surface area contributed by atoms with Gasteiger partial charge in [-0.15, -0.1) is 0 Å². The zero-order valence-corrected chi connectivity index (χ0v) is 10.7. The van der Waals surface area contributed by atoms with Crippen LogP contribution in [-0.2, 0) is 20.1 Å². The van der Waals surface area contributed by atoms with Gasteiger partial charge in [0.1, 0.15) is 0 Å². The third-order valence-corrected chi connectivity index (χ3v) is 2.98. The lowest BCUT2D eigenvalue weighted by Gasteiger charge is -2.06. The van der Waals surface area contributed by atoms with E-state index in [2.05, 4.69) is 42.5 Å². The minimum atomic E-state index is 0.813. The number of benzene rings is 1. The molecule has 0 bridgehead atoms. The van der Waals surface area contributed by atoms with E-state index in [9.17, 15) is 0 Å². The van der Waals surface area contributed by atoms with E-state index in [-0.39, 0.29) is 0 Å². The van der Waals surface area contributed by atoms with Crippen LogP contribution in [0.25, 0.3) is 0 Å². The summed E-state index contributed by atoms with van der Waals surface area (Å²) in [6, 6.07) is 8.62. The highest BCUT2D eigenvalue weighted by Gasteiger charge is 1.98. The van der Waals surface area contributed by atoms with Crippen LogP contribution >= 0.6 is 0 Å². The molecule has 0 spiro atoms. The van der Waals surface area contributed by atoms with Gasteiger partial charge in [0.2, 0.25) is 0 Å². The molecule has 3 heteroatoms. The second-order valence-electron chi connectivity index (χ2n) is 4.50. The molecule has 0 atom stereocenters. The van der Waals surface area contributed by atoms with Gasteiger partial charge < -0.3 is 5.32 Å². The summed E-state index contributed by atoms with van der Waals surface area (Å²) in [5.41, 5.74) is 5.10. The number of hydrogen-bond donors (Lipinski definition) is 1. The van der Waals surface area contributed by atoms with Crippen LogP contribution in [-0.4, -0.2) is 9.78 Å². The van der Waals surface area contributed by atoms with Crippen molar-refractivity contribution in [3.05, 3.63) is 52.8 Å². The molecule has 0 radical (unpaired) electrons. The van der Waals surface area contributed by atoms with Crippen molar-refractivity contribution in [1.82, 2.24) is 15.1 Å². The fourth-order valence-corrected chi connectivity index (χ4v) is 1.81. The quantitative estimate of drug-likeness (QED) is 0.872. The van der Waals surface area contributed by atoms with Gasteiger partial charge in [-0.3, -0.25) is 4.68 Å². The monoisotopic (exact) mass is 229 g/mol. The van der Waals surface area contributed by atoms with E-state index in [0.717, 1.165) is 18.8 Å². The average Bonchev–Trinajstić information content (AvgIpc) is 2.70. The van der Waals surface area contributed by atoms with Crippen LogP contribution in [0, 0.1) is 13.8 Å². The summed E-state index contributed by atoms with van der Waals surface area (Å²) in [6.45, 7) is 5.99. The van der Waals surface area contributed by atoms with E-state index in [4.69, 9.17) is 0 Å². The van der Waals surface area contributed by atoms with Gasteiger partial charge in [0, 0.05) is 26.3 Å². The molecule has 0 aliphatic heterocycles. The number of aryl methyl sites for hydroxylation is 3. The number of hydrogen-bond acceptors (Lipinski definition) is 2. The first-order valence-electron chi connectivity index (χ1n) is 5.90. The Hall–Kier alpha value is -1.61. The molecule has 2 rings (SSSR count). The summed E-state index contributed by atoms with van der Waals surface area (Å²) in [5, 5.41) is 7.73. The molecule has 0 saturated heterocycles. The standard InChI is InChI=1S/C14H19N3/c1-11-4-5-13(8-12(11)2)9-15-10-14-6-7-17(3)16-14/h4-8,15H,9-10H2,1-3H3. The predicted molar refractivity (Wildman–Crippen MR) is 69.7 cm³/mol. The van der Waals surface area contributed by atoms with Crippen molar-refractivity contribution in [2.75, 3.05) is 0 Å². The molecular formula is C14H19N3. The Balaban J connectivity index is 1.87. The molecule has 1 heterocycles. The van der Waals surface area contributed by atoms with Crippen molar-refractivity contribution in [2.45, 2.75) is 26.9 Å². The third kappa shape index (κ3) is 3.17. The Labute approximate surface area is 102 Å². The van der Waals surface area contributed by atoms with E-state index in [1.807, 2.05) is 24.0 Å². The molecule has 0 aliphatic carbocycles. The van der Waals surface area contributed by atoms with Gasteiger partial charge in [-0.05, 0) is 36.6 Å². The van der Waals surface area contributed by atoms with Crippen molar-refractivity contribution < 1.29 is 0 Å². The molecule has 3 nitrogen and oxygen atoms in total. The fourth-order valence-electron chi connectivity index (χ4n) is 1.81. The summed E-state index contributed by atoms with van der Waals surface area (Å²) in [4.78, 5) is 0. The highest BCUT2D eigenvalue weighted by Crippen LogP contribution is 2.09. The maximum atomic E-state index is 4.33. The zero-order chi connectivity index (χ0) is 12.3. The van der Waals surface area contributed by atoms with E-state index < -0.39 is 0 Å². The van der Waals surface area contributed by atoms with Gasteiger partial charge in [-0.1, -0.05) is 18.2 Å². The maximum absolute atomic E-state index is 4.33. The third-order valence-electron chi connectivity index (χ3n) is 2.98. The van der Waals surface area contributed by atoms with Crippen LogP contribution in [0.5, 0.6) is 0 Å². The highest BCUT2D eigenvalue weighted by molar-refractivity contribution is 5.29. The van der Waals surface area contributed by atoms with Gasteiger partial charge in [0.15, 0.2) is 0 Å². The van der Waals surface area contributed by atoms with E-state index in [1.165, 1.54) is 16.7 Å². The molecule has 17 heavy (non-hydrogen) atoms. The van der Waals surface area contributed by atoms with Crippen molar-refractivity contribution in [1.29, 1.82) is 0 Å². The van der Waals surface area contributed by atoms with Gasteiger partial charge in [0.25, 0.3) is 0 Å².